The van der Waals surface area contributed by atoms with Gasteiger partial charge in [0.25, 0.3) is 5.91 Å². The number of piperidine rings is 1. The number of furan rings is 1. The van der Waals surface area contributed by atoms with E-state index in [4.69, 9.17) is 4.42 Å². The molecule has 1 aromatic carbocycles. The fourth-order valence-electron chi connectivity index (χ4n) is 3.04. The molecule has 2 aromatic rings. The molecule has 1 fully saturated rings. The summed E-state index contributed by atoms with van der Waals surface area (Å²) in [6, 6.07) is 11.8. The van der Waals surface area contributed by atoms with Crippen molar-refractivity contribution in [2.24, 2.45) is 0 Å². The molecule has 1 atom stereocenters. The summed E-state index contributed by atoms with van der Waals surface area (Å²) in [5.41, 5.74) is 2.33. The number of hydrogen-bond acceptors (Lipinski definition) is 3. The fourth-order valence-corrected chi connectivity index (χ4v) is 3.04. The van der Waals surface area contributed by atoms with Gasteiger partial charge in [-0.1, -0.05) is 45.0 Å². The standard InChI is InChI=1S/C20H25NO3/c1-20(2,3)15-8-6-14(7-9-15)17-10-11-18(24-17)19(23)21-12-4-5-16(22)13-21/h6-11,16,22H,4-5,12-13H2,1-3H3. The largest absolute Gasteiger partial charge is 0.451 e. The number of carbonyl (C=O) groups is 1. The Morgan fingerprint density at radius 2 is 1.88 bits per heavy atom. The molecule has 0 aliphatic carbocycles. The van der Waals surface area contributed by atoms with Crippen LogP contribution in [0.25, 0.3) is 11.3 Å². The lowest BCUT2D eigenvalue weighted by molar-refractivity contribution is 0.0449. The second kappa shape index (κ2) is 6.44. The lowest BCUT2D eigenvalue weighted by Gasteiger charge is -2.29. The first-order chi connectivity index (χ1) is 11.3. The highest BCUT2D eigenvalue weighted by Gasteiger charge is 2.25. The van der Waals surface area contributed by atoms with Gasteiger partial charge in [0.05, 0.1) is 6.10 Å². The third-order valence-corrected chi connectivity index (χ3v) is 4.54. The van der Waals surface area contributed by atoms with Gasteiger partial charge in [-0.2, -0.15) is 0 Å². The first-order valence-corrected chi connectivity index (χ1v) is 8.53. The van der Waals surface area contributed by atoms with Crippen LogP contribution in [0.4, 0.5) is 0 Å². The Balaban J connectivity index is 1.76. The first kappa shape index (κ1) is 16.8. The van der Waals surface area contributed by atoms with Crippen molar-refractivity contribution in [3.05, 3.63) is 47.7 Å². The molecular formula is C20H25NO3. The Kier molecular flexibility index (Phi) is 4.50. The van der Waals surface area contributed by atoms with Crippen molar-refractivity contribution in [3.63, 3.8) is 0 Å². The molecule has 3 rings (SSSR count). The molecule has 0 saturated carbocycles. The Bertz CT molecular complexity index is 709. The summed E-state index contributed by atoms with van der Waals surface area (Å²) in [5, 5.41) is 9.73. The molecule has 0 spiro atoms. The maximum Gasteiger partial charge on any atom is 0.289 e. The lowest BCUT2D eigenvalue weighted by Crippen LogP contribution is -2.42. The Morgan fingerprint density at radius 3 is 2.50 bits per heavy atom. The normalized spacial score (nSPS) is 18.7. The summed E-state index contributed by atoms with van der Waals surface area (Å²) >= 11 is 0. The number of nitrogens with zero attached hydrogens (tertiary/aromatic N) is 1. The van der Waals surface area contributed by atoms with Crippen molar-refractivity contribution in [2.45, 2.75) is 45.1 Å². The summed E-state index contributed by atoms with van der Waals surface area (Å²) in [6.45, 7) is 7.59. The van der Waals surface area contributed by atoms with Crippen LogP contribution in [-0.4, -0.2) is 35.1 Å². The van der Waals surface area contributed by atoms with Gasteiger partial charge in [-0.05, 0) is 36.0 Å². The van der Waals surface area contributed by atoms with Crippen molar-refractivity contribution >= 4 is 5.91 Å². The van der Waals surface area contributed by atoms with Gasteiger partial charge in [0.15, 0.2) is 5.76 Å². The highest BCUT2D eigenvalue weighted by molar-refractivity contribution is 5.92. The average Bonchev–Trinajstić information content (AvgIpc) is 3.03. The summed E-state index contributed by atoms with van der Waals surface area (Å²) < 4.78 is 5.77. The Hall–Kier alpha value is -2.07. The number of likely N-dealkylation sites (tertiary alicyclic amines) is 1. The van der Waals surface area contributed by atoms with Gasteiger partial charge in [-0.15, -0.1) is 0 Å². The summed E-state index contributed by atoms with van der Waals surface area (Å²) in [5.74, 6) is 0.877. The van der Waals surface area contributed by atoms with Crippen LogP contribution < -0.4 is 0 Å². The lowest BCUT2D eigenvalue weighted by atomic mass is 9.86. The van der Waals surface area contributed by atoms with E-state index < -0.39 is 6.10 Å². The average molecular weight is 327 g/mol. The SMILES string of the molecule is CC(C)(C)c1ccc(-c2ccc(C(=O)N3CCCC(O)C3)o2)cc1. The van der Waals surface area contributed by atoms with Crippen LogP contribution in [0.2, 0.25) is 0 Å². The number of aliphatic hydroxyl groups excluding tert-OH is 1. The second-order valence-electron chi connectivity index (χ2n) is 7.54. The smallest absolute Gasteiger partial charge is 0.289 e. The number of aliphatic hydroxyl groups is 1. The highest BCUT2D eigenvalue weighted by atomic mass is 16.4. The molecule has 0 radical (unpaired) electrons. The number of rotatable bonds is 2. The number of amides is 1. The van der Waals surface area contributed by atoms with Crippen LogP contribution in [0.3, 0.4) is 0 Å². The zero-order valence-corrected chi connectivity index (χ0v) is 14.6. The minimum absolute atomic E-state index is 0.109. The zero-order valence-electron chi connectivity index (χ0n) is 14.6. The molecule has 1 N–H and O–H groups in total. The van der Waals surface area contributed by atoms with E-state index in [2.05, 4.69) is 32.9 Å². The number of hydrogen-bond donors (Lipinski definition) is 1. The molecule has 1 saturated heterocycles. The molecule has 1 aromatic heterocycles. The van der Waals surface area contributed by atoms with Gasteiger partial charge in [-0.3, -0.25) is 4.79 Å². The summed E-state index contributed by atoms with van der Waals surface area (Å²) in [7, 11) is 0. The van der Waals surface area contributed by atoms with E-state index in [-0.39, 0.29) is 11.3 Å². The van der Waals surface area contributed by atoms with Crippen molar-refractivity contribution in [3.8, 4) is 11.3 Å². The van der Waals surface area contributed by atoms with Crippen LogP contribution in [0.15, 0.2) is 40.8 Å². The molecule has 1 amide bonds. The van der Waals surface area contributed by atoms with Crippen molar-refractivity contribution in [1.29, 1.82) is 0 Å². The van der Waals surface area contributed by atoms with Crippen LogP contribution in [0.5, 0.6) is 0 Å². The summed E-state index contributed by atoms with van der Waals surface area (Å²) in [4.78, 5) is 14.2. The van der Waals surface area contributed by atoms with Gasteiger partial charge in [-0.25, -0.2) is 0 Å². The molecule has 4 heteroatoms. The molecule has 0 bridgehead atoms. The summed E-state index contributed by atoms with van der Waals surface area (Å²) in [6.07, 6.45) is 1.16. The third kappa shape index (κ3) is 3.54. The molecule has 1 unspecified atom stereocenters. The molecule has 1 aliphatic rings. The minimum atomic E-state index is -0.429. The van der Waals surface area contributed by atoms with E-state index >= 15 is 0 Å². The van der Waals surface area contributed by atoms with E-state index in [0.29, 0.717) is 24.6 Å². The van der Waals surface area contributed by atoms with Crippen LogP contribution in [-0.2, 0) is 5.41 Å². The van der Waals surface area contributed by atoms with Gasteiger partial charge in [0.2, 0.25) is 0 Å². The molecule has 4 nitrogen and oxygen atoms in total. The van der Waals surface area contributed by atoms with Crippen LogP contribution in [0, 0.1) is 0 Å². The molecular weight excluding hydrogens is 302 g/mol. The predicted molar refractivity (Wildman–Crippen MR) is 94.0 cm³/mol. The van der Waals surface area contributed by atoms with Crippen molar-refractivity contribution < 1.29 is 14.3 Å². The molecule has 2 heterocycles. The highest BCUT2D eigenvalue weighted by Crippen LogP contribution is 2.27. The van der Waals surface area contributed by atoms with E-state index in [0.717, 1.165) is 18.4 Å². The van der Waals surface area contributed by atoms with Gasteiger partial charge in [0.1, 0.15) is 5.76 Å². The topological polar surface area (TPSA) is 53.7 Å². The number of benzene rings is 1. The van der Waals surface area contributed by atoms with Crippen molar-refractivity contribution in [1.82, 2.24) is 4.90 Å². The molecule has 24 heavy (non-hydrogen) atoms. The van der Waals surface area contributed by atoms with E-state index in [1.54, 1.807) is 11.0 Å². The maximum absolute atomic E-state index is 12.5. The van der Waals surface area contributed by atoms with Gasteiger partial charge >= 0.3 is 0 Å². The van der Waals surface area contributed by atoms with Gasteiger partial charge < -0.3 is 14.4 Å². The molecule has 128 valence electrons. The number of β-amino-alcohol motifs (C(OH)–C–C–N with tert-alkyl or cyclic N) is 1. The monoisotopic (exact) mass is 327 g/mol. The fraction of sp³-hybridized carbons (Fsp3) is 0.450. The van der Waals surface area contributed by atoms with E-state index in [1.165, 1.54) is 5.56 Å². The quantitative estimate of drug-likeness (QED) is 0.912. The Morgan fingerprint density at radius 1 is 1.17 bits per heavy atom. The second-order valence-corrected chi connectivity index (χ2v) is 7.54. The van der Waals surface area contributed by atoms with Crippen LogP contribution >= 0.6 is 0 Å². The number of carbonyl (C=O) groups excluding carboxylic acids is 1. The maximum atomic E-state index is 12.5. The first-order valence-electron chi connectivity index (χ1n) is 8.53. The Labute approximate surface area is 143 Å². The van der Waals surface area contributed by atoms with Crippen molar-refractivity contribution in [2.75, 3.05) is 13.1 Å². The van der Waals surface area contributed by atoms with E-state index in [1.807, 2.05) is 18.2 Å². The van der Waals surface area contributed by atoms with E-state index in [9.17, 15) is 9.90 Å². The zero-order chi connectivity index (χ0) is 17.3. The van der Waals surface area contributed by atoms with Crippen LogP contribution in [0.1, 0.15) is 49.7 Å². The minimum Gasteiger partial charge on any atom is -0.451 e. The molecule has 1 aliphatic heterocycles. The predicted octanol–water partition coefficient (Wildman–Crippen LogP) is 3.84. The third-order valence-electron chi connectivity index (χ3n) is 4.54. The van der Waals surface area contributed by atoms with Gasteiger partial charge in [0, 0.05) is 18.7 Å².